The van der Waals surface area contributed by atoms with Crippen molar-refractivity contribution in [3.05, 3.63) is 27.8 Å². The van der Waals surface area contributed by atoms with Gasteiger partial charge >= 0.3 is 18.2 Å². The maximum Gasteiger partial charge on any atom is 0.408 e. The Labute approximate surface area is 238 Å². The number of esters is 1. The summed E-state index contributed by atoms with van der Waals surface area (Å²) in [4.78, 5) is 47.9. The molecule has 220 valence electrons. The van der Waals surface area contributed by atoms with Crippen molar-refractivity contribution in [2.24, 2.45) is 0 Å². The van der Waals surface area contributed by atoms with Gasteiger partial charge in [-0.05, 0) is 54.5 Å². The lowest BCUT2D eigenvalue weighted by Gasteiger charge is -2.26. The van der Waals surface area contributed by atoms with Crippen molar-refractivity contribution in [1.29, 1.82) is 0 Å². The molecule has 2 rings (SSSR count). The van der Waals surface area contributed by atoms with E-state index in [1.54, 1.807) is 54.5 Å². The average Bonchev–Trinajstić information content (AvgIpc) is 3.23. The summed E-state index contributed by atoms with van der Waals surface area (Å²) in [6, 6.07) is 1.71. The number of nitro groups is 1. The quantitative estimate of drug-likeness (QED) is 0.132. The zero-order chi connectivity index (χ0) is 28.7. The van der Waals surface area contributed by atoms with Gasteiger partial charge in [-0.3, -0.25) is 10.1 Å². The van der Waals surface area contributed by atoms with Gasteiger partial charge in [0.25, 0.3) is 5.69 Å². The molecule has 1 aromatic rings. The van der Waals surface area contributed by atoms with Crippen LogP contribution in [0.5, 0.6) is 11.5 Å². The molecule has 1 aliphatic heterocycles. The predicted molar refractivity (Wildman–Crippen MR) is 149 cm³/mol. The van der Waals surface area contributed by atoms with E-state index >= 15 is 0 Å². The van der Waals surface area contributed by atoms with E-state index in [2.05, 4.69) is 10.6 Å². The molecule has 2 atom stereocenters. The number of carbonyl (C=O) groups is 3. The lowest BCUT2D eigenvalue weighted by atomic mass is 10.1. The van der Waals surface area contributed by atoms with Crippen molar-refractivity contribution in [1.82, 2.24) is 10.6 Å². The van der Waals surface area contributed by atoms with Crippen LogP contribution in [0.1, 0.15) is 59.3 Å². The van der Waals surface area contributed by atoms with Gasteiger partial charge in [0.05, 0.1) is 17.5 Å². The predicted octanol–water partition coefficient (Wildman–Crippen LogP) is 4.19. The Morgan fingerprint density at radius 1 is 1.05 bits per heavy atom. The Bertz CT molecular complexity index is 1040. The molecule has 0 bridgehead atoms. The first kappa shape index (κ1) is 34.0. The third-order valence-corrected chi connectivity index (χ3v) is 5.83. The largest absolute Gasteiger partial charge is 0.458 e. The van der Waals surface area contributed by atoms with Crippen molar-refractivity contribution in [3.63, 3.8) is 0 Å². The number of alkyl carbamates (subject to hydrolysis) is 2. The minimum absolute atomic E-state index is 0. The SMILES string of the molecule is CC(SCCOC(=O)NC[C@H](NC(=O)OC(C)(C)C)C(=O)OC(C)(C)C)c1cc2c(cc1[N+](=O)[O-])OCO2.S. The van der Waals surface area contributed by atoms with Crippen molar-refractivity contribution >= 4 is 49.1 Å². The molecular formula is C24H37N3O10S2. The standard InChI is InChI=1S/C24H35N3O10S.H2S/c1-14(15-10-18-19(35-13-34-18)11-17(15)27(31)32)38-9-8-33-21(29)25-12-16(20(28)36-23(2,3)4)26-22(30)37-24(5,6)7;/h10-11,14,16H,8-9,12-13H2,1-7H3,(H,25,29)(H,26,30);1H2/t14?,16-;/m0./s1. The number of thioether (sulfide) groups is 1. The maximum atomic E-state index is 12.5. The number of fused-ring (bicyclic) bond motifs is 1. The highest BCUT2D eigenvalue weighted by atomic mass is 32.2. The molecule has 39 heavy (non-hydrogen) atoms. The van der Waals surface area contributed by atoms with Crippen LogP contribution in [0.25, 0.3) is 0 Å². The first-order chi connectivity index (χ1) is 17.6. The average molecular weight is 592 g/mol. The summed E-state index contributed by atoms with van der Waals surface area (Å²) in [5.41, 5.74) is -1.22. The van der Waals surface area contributed by atoms with E-state index in [0.29, 0.717) is 22.8 Å². The fourth-order valence-corrected chi connectivity index (χ4v) is 4.03. The summed E-state index contributed by atoms with van der Waals surface area (Å²) >= 11 is 1.34. The van der Waals surface area contributed by atoms with Crippen LogP contribution in [0.4, 0.5) is 15.3 Å². The van der Waals surface area contributed by atoms with Gasteiger partial charge in [-0.15, -0.1) is 0 Å². The Morgan fingerprint density at radius 3 is 2.21 bits per heavy atom. The number of carbonyl (C=O) groups excluding carboxylic acids is 3. The minimum Gasteiger partial charge on any atom is -0.458 e. The number of hydrogen-bond donors (Lipinski definition) is 2. The van der Waals surface area contributed by atoms with Gasteiger partial charge in [0.2, 0.25) is 6.79 Å². The highest BCUT2D eigenvalue weighted by Gasteiger charge is 2.30. The van der Waals surface area contributed by atoms with E-state index in [-0.39, 0.29) is 44.4 Å². The summed E-state index contributed by atoms with van der Waals surface area (Å²) < 4.78 is 26.2. The van der Waals surface area contributed by atoms with Crippen LogP contribution in [-0.4, -0.2) is 66.0 Å². The Morgan fingerprint density at radius 2 is 1.64 bits per heavy atom. The van der Waals surface area contributed by atoms with Gasteiger partial charge in [-0.2, -0.15) is 25.3 Å². The molecule has 0 spiro atoms. The van der Waals surface area contributed by atoms with Crippen molar-refractivity contribution in [2.45, 2.75) is 71.0 Å². The van der Waals surface area contributed by atoms with Gasteiger partial charge in [0.1, 0.15) is 23.9 Å². The van der Waals surface area contributed by atoms with E-state index in [9.17, 15) is 24.5 Å². The summed E-state index contributed by atoms with van der Waals surface area (Å²) in [6.45, 7) is 11.5. The molecule has 15 heteroatoms. The van der Waals surface area contributed by atoms with Crippen LogP contribution in [0.15, 0.2) is 12.1 Å². The smallest absolute Gasteiger partial charge is 0.408 e. The fourth-order valence-electron chi connectivity index (χ4n) is 3.13. The number of ether oxygens (including phenoxy) is 5. The molecule has 1 aromatic carbocycles. The van der Waals surface area contributed by atoms with Crippen LogP contribution in [-0.2, 0) is 19.0 Å². The normalized spacial score (nSPS) is 13.8. The molecule has 0 saturated carbocycles. The number of benzene rings is 1. The molecule has 0 aromatic heterocycles. The molecule has 1 aliphatic rings. The van der Waals surface area contributed by atoms with Crippen LogP contribution in [0, 0.1) is 10.1 Å². The Balaban J connectivity index is 0.00000760. The lowest BCUT2D eigenvalue weighted by molar-refractivity contribution is -0.385. The van der Waals surface area contributed by atoms with Gasteiger partial charge in [0.15, 0.2) is 11.5 Å². The molecular weight excluding hydrogens is 554 g/mol. The Kier molecular flexibility index (Phi) is 12.5. The Hall–Kier alpha value is -3.07. The fraction of sp³-hybridized carbons (Fsp3) is 0.625. The van der Waals surface area contributed by atoms with Crippen LogP contribution < -0.4 is 20.1 Å². The minimum atomic E-state index is -1.21. The first-order valence-electron chi connectivity index (χ1n) is 11.9. The zero-order valence-electron chi connectivity index (χ0n) is 23.1. The molecule has 1 unspecified atom stereocenters. The summed E-state index contributed by atoms with van der Waals surface area (Å²) in [5.74, 6) is 0.348. The first-order valence-corrected chi connectivity index (χ1v) is 12.9. The van der Waals surface area contributed by atoms with Gasteiger partial charge in [0, 0.05) is 16.6 Å². The molecule has 2 amide bonds. The topological polar surface area (TPSA) is 165 Å². The van der Waals surface area contributed by atoms with Crippen molar-refractivity contribution in [3.8, 4) is 11.5 Å². The second-order valence-corrected chi connectivity index (χ2v) is 11.7. The summed E-state index contributed by atoms with van der Waals surface area (Å²) in [6.07, 6.45) is -1.65. The number of nitrogens with one attached hydrogen (secondary N) is 2. The number of nitro benzene ring substituents is 1. The summed E-state index contributed by atoms with van der Waals surface area (Å²) in [5, 5.41) is 16.0. The molecule has 0 saturated heterocycles. The highest BCUT2D eigenvalue weighted by Crippen LogP contribution is 2.43. The maximum absolute atomic E-state index is 12.5. The molecule has 2 N–H and O–H groups in total. The monoisotopic (exact) mass is 591 g/mol. The van der Waals surface area contributed by atoms with E-state index < -0.39 is 40.3 Å². The van der Waals surface area contributed by atoms with Gasteiger partial charge < -0.3 is 34.3 Å². The van der Waals surface area contributed by atoms with E-state index in [1.165, 1.54) is 17.8 Å². The van der Waals surface area contributed by atoms with Crippen LogP contribution >= 0.6 is 25.3 Å². The third kappa shape index (κ3) is 11.7. The third-order valence-electron chi connectivity index (χ3n) is 4.67. The van der Waals surface area contributed by atoms with Gasteiger partial charge in [-0.25, -0.2) is 14.4 Å². The van der Waals surface area contributed by atoms with E-state index in [0.717, 1.165) is 0 Å². The van der Waals surface area contributed by atoms with E-state index in [4.69, 9.17) is 23.7 Å². The number of hydrogen-bond acceptors (Lipinski definition) is 11. The lowest BCUT2D eigenvalue weighted by Crippen LogP contribution is -2.51. The van der Waals surface area contributed by atoms with Crippen LogP contribution in [0.3, 0.4) is 0 Å². The van der Waals surface area contributed by atoms with Gasteiger partial charge in [-0.1, -0.05) is 0 Å². The molecule has 0 fully saturated rings. The number of amides is 2. The number of rotatable bonds is 10. The van der Waals surface area contributed by atoms with Crippen molar-refractivity contribution < 1.29 is 43.0 Å². The van der Waals surface area contributed by atoms with E-state index in [1.807, 2.05) is 0 Å². The second-order valence-electron chi connectivity index (χ2n) is 10.3. The molecule has 0 radical (unpaired) electrons. The molecule has 13 nitrogen and oxygen atoms in total. The van der Waals surface area contributed by atoms with Crippen LogP contribution in [0.2, 0.25) is 0 Å². The molecule has 0 aliphatic carbocycles. The summed E-state index contributed by atoms with van der Waals surface area (Å²) in [7, 11) is 0. The van der Waals surface area contributed by atoms with Crippen molar-refractivity contribution in [2.75, 3.05) is 25.7 Å². The molecule has 1 heterocycles. The zero-order valence-corrected chi connectivity index (χ0v) is 24.9. The highest BCUT2D eigenvalue weighted by molar-refractivity contribution is 7.99. The second kappa shape index (κ2) is 14.4. The number of nitrogens with zero attached hydrogens (tertiary/aromatic N) is 1.